The first-order valence-electron chi connectivity index (χ1n) is 7.30. The average Bonchev–Trinajstić information content (AvgIpc) is 2.31. The van der Waals surface area contributed by atoms with Gasteiger partial charge in [0.2, 0.25) is 0 Å². The largest absolute Gasteiger partial charge is 0.462 e. The summed E-state index contributed by atoms with van der Waals surface area (Å²) < 4.78 is 5.77. The second kappa shape index (κ2) is 7.03. The van der Waals surface area contributed by atoms with Gasteiger partial charge in [-0.15, -0.1) is 0 Å². The molecule has 1 aliphatic rings. The van der Waals surface area contributed by atoms with Gasteiger partial charge in [-0.05, 0) is 43.9 Å². The van der Waals surface area contributed by atoms with Gasteiger partial charge in [0.1, 0.15) is 6.10 Å². The number of rotatable bonds is 5. The molecule has 2 heteroatoms. The molecule has 1 fully saturated rings. The Morgan fingerprint density at radius 2 is 1.76 bits per heavy atom. The lowest BCUT2D eigenvalue weighted by Crippen LogP contribution is -2.35. The van der Waals surface area contributed by atoms with Crippen molar-refractivity contribution in [3.63, 3.8) is 0 Å². The lowest BCUT2D eigenvalue weighted by atomic mass is 9.79. The standard InChI is InChI=1S/C15H28O2/c1-5-12(6-2)15(16)17-14-10-8-7-9-13(14)11(3)4/h11-14H,5-10H2,1-4H3. The highest BCUT2D eigenvalue weighted by atomic mass is 16.5. The van der Waals surface area contributed by atoms with E-state index in [1.54, 1.807) is 0 Å². The van der Waals surface area contributed by atoms with E-state index in [1.807, 2.05) is 0 Å². The summed E-state index contributed by atoms with van der Waals surface area (Å²) in [4.78, 5) is 12.0. The van der Waals surface area contributed by atoms with Gasteiger partial charge in [0.15, 0.2) is 0 Å². The fourth-order valence-electron chi connectivity index (χ4n) is 2.90. The number of ether oxygens (including phenoxy) is 1. The van der Waals surface area contributed by atoms with E-state index in [9.17, 15) is 4.79 Å². The van der Waals surface area contributed by atoms with Gasteiger partial charge < -0.3 is 4.74 Å². The van der Waals surface area contributed by atoms with E-state index in [1.165, 1.54) is 19.3 Å². The highest BCUT2D eigenvalue weighted by Gasteiger charge is 2.31. The first-order chi connectivity index (χ1) is 8.10. The predicted octanol–water partition coefficient (Wildman–Crippen LogP) is 4.18. The molecule has 0 aromatic heterocycles. The molecule has 1 rings (SSSR count). The first-order valence-corrected chi connectivity index (χ1v) is 7.30. The van der Waals surface area contributed by atoms with Crippen molar-refractivity contribution in [1.29, 1.82) is 0 Å². The van der Waals surface area contributed by atoms with Crippen LogP contribution in [0.1, 0.15) is 66.2 Å². The number of hydrogen-bond acceptors (Lipinski definition) is 2. The van der Waals surface area contributed by atoms with Crippen molar-refractivity contribution in [3.8, 4) is 0 Å². The molecule has 0 saturated heterocycles. The normalized spacial score (nSPS) is 25.3. The molecule has 0 heterocycles. The molecule has 0 amide bonds. The molecule has 0 aromatic carbocycles. The van der Waals surface area contributed by atoms with E-state index in [4.69, 9.17) is 4.74 Å². The fraction of sp³-hybridized carbons (Fsp3) is 0.933. The number of carbonyl (C=O) groups excluding carboxylic acids is 1. The Morgan fingerprint density at radius 1 is 1.18 bits per heavy atom. The van der Waals surface area contributed by atoms with Crippen LogP contribution in [0.4, 0.5) is 0 Å². The third-order valence-electron chi connectivity index (χ3n) is 4.20. The van der Waals surface area contributed by atoms with Gasteiger partial charge in [-0.1, -0.05) is 34.1 Å². The van der Waals surface area contributed by atoms with E-state index < -0.39 is 0 Å². The van der Waals surface area contributed by atoms with Crippen LogP contribution in [-0.2, 0) is 9.53 Å². The summed E-state index contributed by atoms with van der Waals surface area (Å²) in [5.74, 6) is 1.33. The lowest BCUT2D eigenvalue weighted by Gasteiger charge is -2.34. The van der Waals surface area contributed by atoms with Crippen molar-refractivity contribution < 1.29 is 9.53 Å². The van der Waals surface area contributed by atoms with E-state index in [-0.39, 0.29) is 18.0 Å². The quantitative estimate of drug-likeness (QED) is 0.674. The third kappa shape index (κ3) is 4.01. The van der Waals surface area contributed by atoms with Crippen LogP contribution in [0.3, 0.4) is 0 Å². The molecule has 0 aromatic rings. The summed E-state index contributed by atoms with van der Waals surface area (Å²) in [7, 11) is 0. The topological polar surface area (TPSA) is 26.3 Å². The molecule has 2 nitrogen and oxygen atoms in total. The lowest BCUT2D eigenvalue weighted by molar-refractivity contribution is -0.160. The van der Waals surface area contributed by atoms with Crippen molar-refractivity contribution >= 4 is 5.97 Å². The molecule has 0 spiro atoms. The van der Waals surface area contributed by atoms with Gasteiger partial charge in [-0.25, -0.2) is 0 Å². The summed E-state index contributed by atoms with van der Waals surface area (Å²) in [6.45, 7) is 8.62. The summed E-state index contributed by atoms with van der Waals surface area (Å²) in [5.41, 5.74) is 0. The van der Waals surface area contributed by atoms with E-state index >= 15 is 0 Å². The molecule has 17 heavy (non-hydrogen) atoms. The van der Waals surface area contributed by atoms with Crippen LogP contribution in [0.15, 0.2) is 0 Å². The van der Waals surface area contributed by atoms with Crippen LogP contribution in [0, 0.1) is 17.8 Å². The van der Waals surface area contributed by atoms with Crippen molar-refractivity contribution in [2.24, 2.45) is 17.8 Å². The summed E-state index contributed by atoms with van der Waals surface area (Å²) >= 11 is 0. The zero-order valence-corrected chi connectivity index (χ0v) is 11.9. The minimum absolute atomic E-state index is 0.0348. The molecule has 0 bridgehead atoms. The molecule has 1 saturated carbocycles. The minimum Gasteiger partial charge on any atom is -0.462 e. The second-order valence-corrected chi connectivity index (χ2v) is 5.68. The molecule has 100 valence electrons. The van der Waals surface area contributed by atoms with Crippen LogP contribution in [-0.4, -0.2) is 12.1 Å². The number of esters is 1. The zero-order chi connectivity index (χ0) is 12.8. The molecule has 2 atom stereocenters. The maximum Gasteiger partial charge on any atom is 0.309 e. The maximum atomic E-state index is 12.0. The van der Waals surface area contributed by atoms with Crippen LogP contribution in [0.2, 0.25) is 0 Å². The van der Waals surface area contributed by atoms with E-state index in [2.05, 4.69) is 27.7 Å². The van der Waals surface area contributed by atoms with Gasteiger partial charge in [0.25, 0.3) is 0 Å². The molecular weight excluding hydrogens is 212 g/mol. The molecule has 2 unspecified atom stereocenters. The van der Waals surface area contributed by atoms with Crippen LogP contribution in [0.5, 0.6) is 0 Å². The van der Waals surface area contributed by atoms with Crippen molar-refractivity contribution in [3.05, 3.63) is 0 Å². The first kappa shape index (κ1) is 14.5. The van der Waals surface area contributed by atoms with Gasteiger partial charge in [0, 0.05) is 0 Å². The van der Waals surface area contributed by atoms with Gasteiger partial charge in [-0.2, -0.15) is 0 Å². The number of hydrogen-bond donors (Lipinski definition) is 0. The maximum absolute atomic E-state index is 12.0. The van der Waals surface area contributed by atoms with Gasteiger partial charge >= 0.3 is 5.97 Å². The highest BCUT2D eigenvalue weighted by molar-refractivity contribution is 5.72. The summed E-state index contributed by atoms with van der Waals surface area (Å²) in [6.07, 6.45) is 6.76. The summed E-state index contributed by atoms with van der Waals surface area (Å²) in [6, 6.07) is 0. The molecule has 1 aliphatic carbocycles. The van der Waals surface area contributed by atoms with Gasteiger partial charge in [0.05, 0.1) is 5.92 Å². The smallest absolute Gasteiger partial charge is 0.309 e. The monoisotopic (exact) mass is 240 g/mol. The molecule has 0 aliphatic heterocycles. The van der Waals surface area contributed by atoms with Gasteiger partial charge in [-0.3, -0.25) is 4.79 Å². The Kier molecular flexibility index (Phi) is 6.01. The second-order valence-electron chi connectivity index (χ2n) is 5.68. The van der Waals surface area contributed by atoms with E-state index in [0.717, 1.165) is 19.3 Å². The molecule has 0 N–H and O–H groups in total. The highest BCUT2D eigenvalue weighted by Crippen LogP contribution is 2.33. The Morgan fingerprint density at radius 3 is 2.29 bits per heavy atom. The SMILES string of the molecule is CCC(CC)C(=O)OC1CCCCC1C(C)C. The van der Waals surface area contributed by atoms with Crippen molar-refractivity contribution in [2.45, 2.75) is 72.3 Å². The third-order valence-corrected chi connectivity index (χ3v) is 4.20. The van der Waals surface area contributed by atoms with Crippen molar-refractivity contribution in [1.82, 2.24) is 0 Å². The summed E-state index contributed by atoms with van der Waals surface area (Å²) in [5, 5.41) is 0. The Bertz CT molecular complexity index is 231. The van der Waals surface area contributed by atoms with Crippen molar-refractivity contribution in [2.75, 3.05) is 0 Å². The Labute approximate surface area is 106 Å². The van der Waals surface area contributed by atoms with Crippen LogP contribution in [0.25, 0.3) is 0 Å². The number of carbonyl (C=O) groups is 1. The zero-order valence-electron chi connectivity index (χ0n) is 11.9. The Balaban J connectivity index is 2.55. The van der Waals surface area contributed by atoms with Crippen LogP contribution >= 0.6 is 0 Å². The molecular formula is C15H28O2. The average molecular weight is 240 g/mol. The fourth-order valence-corrected chi connectivity index (χ4v) is 2.90. The predicted molar refractivity (Wildman–Crippen MR) is 70.7 cm³/mol. The minimum atomic E-state index is 0.0348. The van der Waals surface area contributed by atoms with Crippen LogP contribution < -0.4 is 0 Å². The van der Waals surface area contributed by atoms with E-state index in [0.29, 0.717) is 11.8 Å². The molecule has 0 radical (unpaired) electrons. The Hall–Kier alpha value is -0.530.